The zero-order valence-electron chi connectivity index (χ0n) is 10.7. The first-order chi connectivity index (χ1) is 8.39. The number of carbonyl (C=O) groups is 1. The van der Waals surface area contributed by atoms with Crippen LogP contribution in [0.4, 0.5) is 0 Å². The van der Waals surface area contributed by atoms with Gasteiger partial charge in [0, 0.05) is 18.8 Å². The molecule has 0 saturated heterocycles. The van der Waals surface area contributed by atoms with Crippen LogP contribution >= 0.6 is 0 Å². The Balaban J connectivity index is 2.97. The molecule has 6 nitrogen and oxygen atoms in total. The van der Waals surface area contributed by atoms with E-state index in [0.29, 0.717) is 5.76 Å². The Kier molecular flexibility index (Phi) is 4.47. The van der Waals surface area contributed by atoms with Crippen LogP contribution in [0.5, 0.6) is 0 Å². The molecule has 1 aromatic heterocycles. The number of hydrogen-bond acceptors (Lipinski definition) is 5. The number of furan rings is 1. The van der Waals surface area contributed by atoms with Gasteiger partial charge >= 0.3 is 5.97 Å². The van der Waals surface area contributed by atoms with Gasteiger partial charge in [0.1, 0.15) is 5.76 Å². The average Bonchev–Trinajstić information content (AvgIpc) is 2.79. The predicted octanol–water partition coefficient (Wildman–Crippen LogP) is 2.37. The van der Waals surface area contributed by atoms with Crippen LogP contribution in [0.3, 0.4) is 0 Å². The van der Waals surface area contributed by atoms with Gasteiger partial charge in [0.15, 0.2) is 0 Å². The predicted molar refractivity (Wildman–Crippen MR) is 63.8 cm³/mol. The van der Waals surface area contributed by atoms with E-state index < -0.39 is 22.3 Å². The lowest BCUT2D eigenvalue weighted by atomic mass is 9.83. The monoisotopic (exact) mass is 255 g/mol. The summed E-state index contributed by atoms with van der Waals surface area (Å²) in [6.45, 7) is 4.89. The molecule has 1 atom stereocenters. The van der Waals surface area contributed by atoms with Gasteiger partial charge in [-0.1, -0.05) is 0 Å². The normalized spacial score (nSPS) is 13.1. The Morgan fingerprint density at radius 2 is 2.28 bits per heavy atom. The van der Waals surface area contributed by atoms with E-state index >= 15 is 0 Å². The summed E-state index contributed by atoms with van der Waals surface area (Å²) in [5, 5.41) is 11.1. The highest BCUT2D eigenvalue weighted by Crippen LogP contribution is 2.34. The molecule has 0 amide bonds. The largest absolute Gasteiger partial charge is 0.469 e. The molecular formula is C12H17NO5. The maximum Gasteiger partial charge on any atom is 0.306 e. The van der Waals surface area contributed by atoms with Crippen LogP contribution in [-0.2, 0) is 9.53 Å². The molecule has 0 N–H and O–H groups in total. The van der Waals surface area contributed by atoms with Crippen molar-refractivity contribution in [1.82, 2.24) is 0 Å². The van der Waals surface area contributed by atoms with Gasteiger partial charge in [0.05, 0.1) is 25.2 Å². The number of nitrogens with zero attached hydrogens (tertiary/aromatic N) is 1. The van der Waals surface area contributed by atoms with Gasteiger partial charge in [-0.2, -0.15) is 0 Å². The van der Waals surface area contributed by atoms with Crippen LogP contribution in [-0.4, -0.2) is 23.0 Å². The molecule has 1 aromatic rings. The minimum atomic E-state index is -1.30. The molecule has 0 fully saturated rings. The van der Waals surface area contributed by atoms with Gasteiger partial charge < -0.3 is 9.15 Å². The number of carbonyl (C=O) groups excluding carboxylic acids is 1. The zero-order chi connectivity index (χ0) is 13.8. The van der Waals surface area contributed by atoms with Gasteiger partial charge in [-0.3, -0.25) is 14.9 Å². The second-order valence-electron chi connectivity index (χ2n) is 4.49. The van der Waals surface area contributed by atoms with E-state index in [9.17, 15) is 14.9 Å². The van der Waals surface area contributed by atoms with Crippen molar-refractivity contribution >= 4 is 5.97 Å². The topological polar surface area (TPSA) is 82.6 Å². The first kappa shape index (κ1) is 14.2. The third-order valence-corrected chi connectivity index (χ3v) is 2.89. The summed E-state index contributed by atoms with van der Waals surface area (Å²) in [4.78, 5) is 22.2. The summed E-state index contributed by atoms with van der Waals surface area (Å²) in [5.41, 5.74) is -1.30. The second-order valence-corrected chi connectivity index (χ2v) is 4.49. The number of hydrogen-bond donors (Lipinski definition) is 0. The summed E-state index contributed by atoms with van der Waals surface area (Å²) in [5.74, 6) is -0.694. The van der Waals surface area contributed by atoms with E-state index in [0.717, 1.165) is 0 Å². The van der Waals surface area contributed by atoms with Gasteiger partial charge in [-0.25, -0.2) is 0 Å². The van der Waals surface area contributed by atoms with E-state index in [-0.39, 0.29) is 13.0 Å². The highest BCUT2D eigenvalue weighted by Gasteiger charge is 2.44. The van der Waals surface area contributed by atoms with E-state index in [1.54, 1.807) is 19.1 Å². The molecule has 6 heteroatoms. The molecule has 1 rings (SSSR count). The maximum atomic E-state index is 11.5. The van der Waals surface area contributed by atoms with Crippen LogP contribution in [0.2, 0.25) is 0 Å². The van der Waals surface area contributed by atoms with Crippen molar-refractivity contribution in [2.45, 2.75) is 38.6 Å². The fourth-order valence-electron chi connectivity index (χ4n) is 1.70. The molecule has 1 heterocycles. The van der Waals surface area contributed by atoms with Crippen LogP contribution in [0.1, 0.15) is 38.9 Å². The fraction of sp³-hybridized carbons (Fsp3) is 0.583. The van der Waals surface area contributed by atoms with E-state index in [4.69, 9.17) is 9.15 Å². The third kappa shape index (κ3) is 3.09. The molecule has 0 aromatic carbocycles. The highest BCUT2D eigenvalue weighted by atomic mass is 16.6. The fourth-order valence-corrected chi connectivity index (χ4v) is 1.70. The molecule has 0 aliphatic heterocycles. The third-order valence-electron chi connectivity index (χ3n) is 2.89. The van der Waals surface area contributed by atoms with Crippen molar-refractivity contribution in [2.24, 2.45) is 0 Å². The number of rotatable bonds is 6. The van der Waals surface area contributed by atoms with Crippen molar-refractivity contribution < 1.29 is 18.9 Å². The molecule has 0 aliphatic carbocycles. The van der Waals surface area contributed by atoms with Crippen molar-refractivity contribution in [1.29, 1.82) is 0 Å². The molecule has 100 valence electrons. The van der Waals surface area contributed by atoms with Crippen molar-refractivity contribution in [2.75, 3.05) is 6.61 Å². The van der Waals surface area contributed by atoms with Crippen LogP contribution in [0.15, 0.2) is 22.8 Å². The van der Waals surface area contributed by atoms with E-state index in [2.05, 4.69) is 0 Å². The molecular weight excluding hydrogens is 238 g/mol. The SMILES string of the molecule is CCOC(=O)CC(c1ccco1)C(C)(C)[N+](=O)[O-]. The van der Waals surface area contributed by atoms with Gasteiger partial charge in [-0.15, -0.1) is 0 Å². The molecule has 0 saturated carbocycles. The Bertz CT molecular complexity index is 410. The summed E-state index contributed by atoms with van der Waals surface area (Å²) in [6.07, 6.45) is 1.36. The minimum absolute atomic E-state index is 0.0741. The molecule has 0 aliphatic rings. The Morgan fingerprint density at radius 1 is 1.61 bits per heavy atom. The lowest BCUT2D eigenvalue weighted by Gasteiger charge is -2.24. The highest BCUT2D eigenvalue weighted by molar-refractivity contribution is 5.70. The summed E-state index contributed by atoms with van der Waals surface area (Å²) in [7, 11) is 0. The maximum absolute atomic E-state index is 11.5. The van der Waals surface area contributed by atoms with Crippen LogP contribution in [0, 0.1) is 10.1 Å². The zero-order valence-corrected chi connectivity index (χ0v) is 10.7. The Labute approximate surface area is 105 Å². The molecule has 0 spiro atoms. The van der Waals surface area contributed by atoms with Gasteiger partial charge in [0.2, 0.25) is 5.54 Å². The summed E-state index contributed by atoms with van der Waals surface area (Å²) < 4.78 is 10.0. The first-order valence-electron chi connectivity index (χ1n) is 5.73. The molecule has 1 unspecified atom stereocenters. The quantitative estimate of drug-likeness (QED) is 0.442. The molecule has 18 heavy (non-hydrogen) atoms. The van der Waals surface area contributed by atoms with Gasteiger partial charge in [0.25, 0.3) is 0 Å². The van der Waals surface area contributed by atoms with Crippen molar-refractivity contribution in [3.63, 3.8) is 0 Å². The van der Waals surface area contributed by atoms with E-state index in [1.165, 1.54) is 20.1 Å². The Hall–Kier alpha value is -1.85. The summed E-state index contributed by atoms with van der Waals surface area (Å²) in [6, 6.07) is 3.28. The van der Waals surface area contributed by atoms with E-state index in [1.807, 2.05) is 0 Å². The molecule has 0 bridgehead atoms. The first-order valence-corrected chi connectivity index (χ1v) is 5.73. The van der Waals surface area contributed by atoms with Crippen molar-refractivity contribution in [3.05, 3.63) is 34.3 Å². The van der Waals surface area contributed by atoms with Crippen molar-refractivity contribution in [3.8, 4) is 0 Å². The second kappa shape index (κ2) is 5.66. The van der Waals surface area contributed by atoms with Crippen LogP contribution in [0.25, 0.3) is 0 Å². The number of ether oxygens (including phenoxy) is 1. The van der Waals surface area contributed by atoms with Crippen LogP contribution < -0.4 is 0 Å². The number of esters is 1. The Morgan fingerprint density at radius 3 is 2.72 bits per heavy atom. The standard InChI is InChI=1S/C12H17NO5/c1-4-17-11(14)8-9(10-6-5-7-18-10)12(2,3)13(15)16/h5-7,9H,4,8H2,1-3H3. The average molecular weight is 255 g/mol. The lowest BCUT2D eigenvalue weighted by Crippen LogP contribution is -2.39. The minimum Gasteiger partial charge on any atom is -0.469 e. The summed E-state index contributed by atoms with van der Waals surface area (Å²) >= 11 is 0. The number of nitro groups is 1. The lowest BCUT2D eigenvalue weighted by molar-refractivity contribution is -0.565. The smallest absolute Gasteiger partial charge is 0.306 e. The molecule has 0 radical (unpaired) electrons. The van der Waals surface area contributed by atoms with Gasteiger partial charge in [-0.05, 0) is 19.1 Å².